The summed E-state index contributed by atoms with van der Waals surface area (Å²) in [5, 5.41) is 7.12. The van der Waals surface area contributed by atoms with E-state index in [1.165, 1.54) is 43.4 Å². The van der Waals surface area contributed by atoms with Crippen molar-refractivity contribution in [1.29, 1.82) is 0 Å². The zero-order valence-electron chi connectivity index (χ0n) is 25.2. The van der Waals surface area contributed by atoms with Gasteiger partial charge in [0, 0.05) is 51.6 Å². The highest BCUT2D eigenvalue weighted by atomic mass is 32.1. The lowest BCUT2D eigenvalue weighted by Crippen LogP contribution is -2.56. The molecule has 5 rings (SSSR count). The molecule has 1 atom stereocenters. The molecular formula is C30H45F3N4O5S. The molecule has 1 unspecified atom stereocenters. The molecule has 0 bridgehead atoms. The summed E-state index contributed by atoms with van der Waals surface area (Å²) in [6.45, 7) is 8.65. The molecule has 4 aliphatic rings. The number of thiazole rings is 1. The maximum absolute atomic E-state index is 13.1. The summed E-state index contributed by atoms with van der Waals surface area (Å²) >= 11 is 1.45. The van der Waals surface area contributed by atoms with E-state index in [-0.39, 0.29) is 23.6 Å². The van der Waals surface area contributed by atoms with Gasteiger partial charge in [0.2, 0.25) is 0 Å². The maximum Gasteiger partial charge on any atom is 0.490 e. The molecule has 4 heterocycles. The highest BCUT2D eigenvalue weighted by Crippen LogP contribution is 2.43. The Bertz CT molecular complexity index is 1090. The Balaban J connectivity index is 0.000000541. The fourth-order valence-corrected chi connectivity index (χ4v) is 7.94. The van der Waals surface area contributed by atoms with Crippen molar-refractivity contribution >= 4 is 29.3 Å². The van der Waals surface area contributed by atoms with Gasteiger partial charge in [-0.15, -0.1) is 11.3 Å². The van der Waals surface area contributed by atoms with Gasteiger partial charge in [0.15, 0.2) is 0 Å². The molecule has 4 fully saturated rings. The zero-order chi connectivity index (χ0) is 31.2. The molecule has 1 aliphatic carbocycles. The molecule has 0 aromatic carbocycles. The lowest BCUT2D eigenvalue weighted by Gasteiger charge is -2.46. The van der Waals surface area contributed by atoms with Gasteiger partial charge in [-0.05, 0) is 44.9 Å². The van der Waals surface area contributed by atoms with Gasteiger partial charge in [-0.25, -0.2) is 14.6 Å². The SMILES string of the molecule is CCCCC1N(CC2CCCCC2)C(=O)OC12CCN(C1CCN(C(=O)c3scnc3C)CC1)CC2.O=C(O)C(F)(F)F. The van der Waals surface area contributed by atoms with Crippen molar-refractivity contribution in [2.24, 2.45) is 5.92 Å². The number of carbonyl (C=O) groups excluding carboxylic acids is 2. The van der Waals surface area contributed by atoms with Crippen molar-refractivity contribution in [1.82, 2.24) is 19.7 Å². The summed E-state index contributed by atoms with van der Waals surface area (Å²) in [7, 11) is 0. The predicted molar refractivity (Wildman–Crippen MR) is 156 cm³/mol. The molecule has 9 nitrogen and oxygen atoms in total. The number of carbonyl (C=O) groups is 3. The Morgan fingerprint density at radius 1 is 1.09 bits per heavy atom. The van der Waals surface area contributed by atoms with Crippen LogP contribution in [0.2, 0.25) is 0 Å². The summed E-state index contributed by atoms with van der Waals surface area (Å²) in [5.74, 6) is -1.97. The van der Waals surface area contributed by atoms with E-state index in [0.29, 0.717) is 12.0 Å². The van der Waals surface area contributed by atoms with Crippen LogP contribution in [0.1, 0.15) is 99.3 Å². The second-order valence-corrected chi connectivity index (χ2v) is 13.2. The standard InChI is InChI=1S/C28H44N4O3S.C2HF3O2/c1-3-4-10-24-28(35-27(34)32(24)19-22-8-6-5-7-9-22)13-17-30(18-14-28)23-11-15-31(16-12-23)26(33)25-21(2)29-20-36-25;3-2(4,5)1(6)7/h20,22-24H,3-19H2,1-2H3;(H,6,7). The smallest absolute Gasteiger partial charge is 0.475 e. The van der Waals surface area contributed by atoms with Crippen LogP contribution in [0.25, 0.3) is 0 Å². The van der Waals surface area contributed by atoms with Gasteiger partial charge >= 0.3 is 18.2 Å². The Labute approximate surface area is 255 Å². The molecule has 0 radical (unpaired) electrons. The second-order valence-electron chi connectivity index (χ2n) is 12.4. The molecule has 3 saturated heterocycles. The summed E-state index contributed by atoms with van der Waals surface area (Å²) in [6.07, 6.45) is 8.62. The number of carboxylic acids is 1. The minimum atomic E-state index is -5.08. The minimum Gasteiger partial charge on any atom is -0.475 e. The number of amides is 2. The predicted octanol–water partition coefficient (Wildman–Crippen LogP) is 6.12. The number of halogens is 3. The summed E-state index contributed by atoms with van der Waals surface area (Å²) in [5.41, 5.74) is 2.30. The molecule has 43 heavy (non-hydrogen) atoms. The van der Waals surface area contributed by atoms with Crippen LogP contribution in [-0.2, 0) is 9.53 Å². The largest absolute Gasteiger partial charge is 0.490 e. The number of aryl methyl sites for hydroxylation is 1. The monoisotopic (exact) mass is 630 g/mol. The van der Waals surface area contributed by atoms with Crippen molar-refractivity contribution in [3.8, 4) is 0 Å². The number of ether oxygens (including phenoxy) is 1. The number of nitrogens with zero attached hydrogens (tertiary/aromatic N) is 4. The molecule has 242 valence electrons. The number of rotatable bonds is 7. The quantitative estimate of drug-likeness (QED) is 0.388. The third-order valence-corrected chi connectivity index (χ3v) is 10.5. The van der Waals surface area contributed by atoms with E-state index < -0.39 is 12.1 Å². The van der Waals surface area contributed by atoms with Gasteiger partial charge in [-0.1, -0.05) is 39.0 Å². The fourth-order valence-electron chi connectivity index (χ4n) is 7.17. The van der Waals surface area contributed by atoms with Gasteiger partial charge in [0.25, 0.3) is 5.91 Å². The van der Waals surface area contributed by atoms with Crippen LogP contribution in [0.5, 0.6) is 0 Å². The van der Waals surface area contributed by atoms with Crippen LogP contribution in [0.4, 0.5) is 18.0 Å². The van der Waals surface area contributed by atoms with Crippen molar-refractivity contribution in [3.05, 3.63) is 16.1 Å². The van der Waals surface area contributed by atoms with Crippen LogP contribution in [-0.4, -0.2) is 99.3 Å². The van der Waals surface area contributed by atoms with Crippen LogP contribution in [0, 0.1) is 12.8 Å². The summed E-state index contributed by atoms with van der Waals surface area (Å²) in [4.78, 5) is 46.7. The average Bonchev–Trinajstić information content (AvgIpc) is 3.52. The van der Waals surface area contributed by atoms with Gasteiger partial charge in [-0.2, -0.15) is 13.2 Å². The molecule has 1 saturated carbocycles. The van der Waals surface area contributed by atoms with E-state index >= 15 is 0 Å². The van der Waals surface area contributed by atoms with E-state index in [1.807, 2.05) is 11.8 Å². The normalized spacial score (nSPS) is 23.7. The van der Waals surface area contributed by atoms with Crippen molar-refractivity contribution in [2.45, 2.75) is 115 Å². The number of likely N-dealkylation sites (tertiary alicyclic amines) is 2. The second kappa shape index (κ2) is 14.6. The first-order valence-corrected chi connectivity index (χ1v) is 16.6. The van der Waals surface area contributed by atoms with Crippen LogP contribution in [0.15, 0.2) is 5.51 Å². The van der Waals surface area contributed by atoms with E-state index in [0.717, 1.165) is 88.2 Å². The zero-order valence-corrected chi connectivity index (χ0v) is 26.1. The third-order valence-electron chi connectivity index (χ3n) is 9.61. The topological polar surface area (TPSA) is 103 Å². The number of aliphatic carboxylic acids is 1. The Hall–Kier alpha value is -2.41. The molecular weight excluding hydrogens is 585 g/mol. The van der Waals surface area contributed by atoms with Crippen molar-refractivity contribution in [3.63, 3.8) is 0 Å². The molecule has 1 aromatic rings. The van der Waals surface area contributed by atoms with Crippen molar-refractivity contribution in [2.75, 3.05) is 32.7 Å². The number of alkyl halides is 3. The average molecular weight is 631 g/mol. The number of hydrogen-bond donors (Lipinski definition) is 1. The number of piperidine rings is 2. The highest BCUT2D eigenvalue weighted by molar-refractivity contribution is 7.11. The minimum absolute atomic E-state index is 0.0553. The first-order chi connectivity index (χ1) is 20.4. The number of carboxylic acid groups (broad SMARTS) is 1. The van der Waals surface area contributed by atoms with Crippen LogP contribution in [0.3, 0.4) is 0 Å². The first kappa shape index (κ1) is 33.5. The van der Waals surface area contributed by atoms with Crippen LogP contribution >= 0.6 is 11.3 Å². The van der Waals surface area contributed by atoms with E-state index in [1.54, 1.807) is 5.51 Å². The summed E-state index contributed by atoms with van der Waals surface area (Å²) in [6, 6.07) is 0.745. The van der Waals surface area contributed by atoms with Gasteiger partial charge in [-0.3, -0.25) is 9.69 Å². The first-order valence-electron chi connectivity index (χ1n) is 15.7. The lowest BCUT2D eigenvalue weighted by atomic mass is 9.80. The lowest BCUT2D eigenvalue weighted by molar-refractivity contribution is -0.192. The van der Waals surface area contributed by atoms with E-state index in [4.69, 9.17) is 14.6 Å². The highest BCUT2D eigenvalue weighted by Gasteiger charge is 2.55. The molecule has 1 N–H and O–H groups in total. The number of hydrogen-bond acceptors (Lipinski definition) is 7. The summed E-state index contributed by atoms with van der Waals surface area (Å²) < 4.78 is 38.0. The fraction of sp³-hybridized carbons (Fsp3) is 0.800. The van der Waals surface area contributed by atoms with E-state index in [2.05, 4.69) is 21.7 Å². The Morgan fingerprint density at radius 3 is 2.26 bits per heavy atom. The molecule has 1 spiro atoms. The van der Waals surface area contributed by atoms with Gasteiger partial charge in [0.05, 0.1) is 17.2 Å². The Morgan fingerprint density at radius 2 is 1.72 bits per heavy atom. The molecule has 2 amide bonds. The van der Waals surface area contributed by atoms with E-state index in [9.17, 15) is 22.8 Å². The van der Waals surface area contributed by atoms with Gasteiger partial charge in [0.1, 0.15) is 10.5 Å². The Kier molecular flexibility index (Phi) is 11.4. The van der Waals surface area contributed by atoms with Crippen molar-refractivity contribution < 1.29 is 37.4 Å². The number of aromatic nitrogens is 1. The third kappa shape index (κ3) is 8.20. The van der Waals surface area contributed by atoms with Gasteiger partial charge < -0.3 is 19.6 Å². The molecule has 13 heteroatoms. The molecule has 1 aromatic heterocycles. The molecule has 3 aliphatic heterocycles. The van der Waals surface area contributed by atoms with Crippen LogP contribution < -0.4 is 0 Å². The maximum atomic E-state index is 13.1. The number of unbranched alkanes of at least 4 members (excludes halogenated alkanes) is 1.